The lowest BCUT2D eigenvalue weighted by atomic mass is 10.0. The monoisotopic (exact) mass is 369 g/mol. The van der Waals surface area contributed by atoms with Crippen molar-refractivity contribution >= 4 is 22.8 Å². The molecule has 1 atom stereocenters. The average Bonchev–Trinajstić information content (AvgIpc) is 3.09. The molecular formula is C18H19N5O2S. The maximum atomic E-state index is 12.8. The minimum atomic E-state index is -0.961. The van der Waals surface area contributed by atoms with Gasteiger partial charge in [-0.3, -0.25) is 4.79 Å². The second-order valence-corrected chi connectivity index (χ2v) is 7.31. The third kappa shape index (κ3) is 2.48. The van der Waals surface area contributed by atoms with Crippen molar-refractivity contribution in [3.05, 3.63) is 52.6 Å². The Morgan fingerprint density at radius 1 is 1.42 bits per heavy atom. The third-order valence-electron chi connectivity index (χ3n) is 4.71. The number of aryl methyl sites for hydroxylation is 1. The van der Waals surface area contributed by atoms with Crippen molar-refractivity contribution in [2.45, 2.75) is 37.1 Å². The molecule has 0 unspecified atom stereocenters. The maximum absolute atomic E-state index is 12.8. The van der Waals surface area contributed by atoms with E-state index in [0.29, 0.717) is 40.7 Å². The van der Waals surface area contributed by atoms with Gasteiger partial charge in [-0.15, -0.1) is 6.58 Å². The highest BCUT2D eigenvalue weighted by Crippen LogP contribution is 2.35. The Morgan fingerprint density at radius 3 is 2.96 bits per heavy atom. The van der Waals surface area contributed by atoms with Crippen molar-refractivity contribution < 1.29 is 5.11 Å². The molecule has 3 heterocycles. The fourth-order valence-electron chi connectivity index (χ4n) is 3.39. The standard InChI is InChI=1S/C18H19N5O2S/c1-4-9-22-16(24)12-10-19-17(26-3)21-15(12)23(22)13-6-5-11-7-8-18(2,25)14(11)20-13/h4-6,10,25H,1,7-9H2,2-3H3/t18-/m1/s1. The van der Waals surface area contributed by atoms with Crippen molar-refractivity contribution in [2.24, 2.45) is 0 Å². The number of aliphatic hydroxyl groups is 1. The van der Waals surface area contributed by atoms with Crippen molar-refractivity contribution in [1.29, 1.82) is 0 Å². The van der Waals surface area contributed by atoms with Crippen LogP contribution in [0.3, 0.4) is 0 Å². The number of fused-ring (bicyclic) bond motifs is 2. The van der Waals surface area contributed by atoms with Crippen LogP contribution >= 0.6 is 11.8 Å². The fourth-order valence-corrected chi connectivity index (χ4v) is 3.73. The van der Waals surface area contributed by atoms with Gasteiger partial charge in [-0.25, -0.2) is 24.3 Å². The summed E-state index contributed by atoms with van der Waals surface area (Å²) in [4.78, 5) is 26.2. The van der Waals surface area contributed by atoms with Gasteiger partial charge in [0.05, 0.1) is 12.2 Å². The van der Waals surface area contributed by atoms with E-state index in [1.165, 1.54) is 16.4 Å². The number of thioether (sulfide) groups is 1. The van der Waals surface area contributed by atoms with E-state index < -0.39 is 5.60 Å². The molecule has 26 heavy (non-hydrogen) atoms. The smallest absolute Gasteiger partial charge is 0.278 e. The van der Waals surface area contributed by atoms with Crippen LogP contribution in [0.25, 0.3) is 16.9 Å². The number of pyridine rings is 1. The van der Waals surface area contributed by atoms with Gasteiger partial charge >= 0.3 is 0 Å². The minimum absolute atomic E-state index is 0.193. The molecule has 7 nitrogen and oxygen atoms in total. The molecule has 134 valence electrons. The number of allylic oxidation sites excluding steroid dienone is 1. The maximum Gasteiger partial charge on any atom is 0.278 e. The molecule has 0 amide bonds. The molecule has 3 aromatic heterocycles. The van der Waals surface area contributed by atoms with Gasteiger partial charge in [-0.1, -0.05) is 23.9 Å². The Balaban J connectivity index is 2.03. The van der Waals surface area contributed by atoms with Crippen LogP contribution in [-0.2, 0) is 18.6 Å². The lowest BCUT2D eigenvalue weighted by molar-refractivity contribution is 0.0553. The lowest BCUT2D eigenvalue weighted by Gasteiger charge is -2.18. The normalized spacial score (nSPS) is 19.0. The molecule has 4 rings (SSSR count). The molecule has 0 fully saturated rings. The van der Waals surface area contributed by atoms with Crippen LogP contribution in [0.15, 0.2) is 40.9 Å². The molecule has 0 aliphatic heterocycles. The van der Waals surface area contributed by atoms with E-state index in [4.69, 9.17) is 0 Å². The Kier molecular flexibility index (Phi) is 3.96. The predicted molar refractivity (Wildman–Crippen MR) is 101 cm³/mol. The van der Waals surface area contributed by atoms with Gasteiger partial charge in [0.1, 0.15) is 11.0 Å². The van der Waals surface area contributed by atoms with Crippen LogP contribution in [0.1, 0.15) is 24.6 Å². The molecule has 0 saturated heterocycles. The van der Waals surface area contributed by atoms with Gasteiger partial charge in [0.15, 0.2) is 16.6 Å². The van der Waals surface area contributed by atoms with Crippen LogP contribution in [0, 0.1) is 0 Å². The average molecular weight is 369 g/mol. The first-order valence-corrected chi connectivity index (χ1v) is 9.55. The number of hydrogen-bond donors (Lipinski definition) is 1. The molecule has 1 aliphatic carbocycles. The summed E-state index contributed by atoms with van der Waals surface area (Å²) in [6.07, 6.45) is 6.53. The molecule has 8 heteroatoms. The predicted octanol–water partition coefficient (Wildman–Crippen LogP) is 2.04. The summed E-state index contributed by atoms with van der Waals surface area (Å²) in [6, 6.07) is 3.82. The van der Waals surface area contributed by atoms with Gasteiger partial charge in [0.2, 0.25) is 0 Å². The van der Waals surface area contributed by atoms with E-state index in [2.05, 4.69) is 21.5 Å². The zero-order valence-corrected chi connectivity index (χ0v) is 15.5. The summed E-state index contributed by atoms with van der Waals surface area (Å²) in [5.74, 6) is 0.547. The van der Waals surface area contributed by atoms with E-state index in [-0.39, 0.29) is 5.56 Å². The van der Waals surface area contributed by atoms with E-state index in [0.717, 1.165) is 12.0 Å². The summed E-state index contributed by atoms with van der Waals surface area (Å²) in [7, 11) is 0. The van der Waals surface area contributed by atoms with Crippen molar-refractivity contribution in [1.82, 2.24) is 24.3 Å². The number of nitrogens with zero attached hydrogens (tertiary/aromatic N) is 5. The first kappa shape index (κ1) is 17.0. The zero-order valence-electron chi connectivity index (χ0n) is 14.6. The molecule has 0 radical (unpaired) electrons. The van der Waals surface area contributed by atoms with Crippen LogP contribution in [-0.4, -0.2) is 35.7 Å². The van der Waals surface area contributed by atoms with Gasteiger partial charge in [-0.2, -0.15) is 0 Å². The Labute approximate surface area is 154 Å². The Morgan fingerprint density at radius 2 is 2.23 bits per heavy atom. The Bertz CT molecular complexity index is 1080. The summed E-state index contributed by atoms with van der Waals surface area (Å²) in [5, 5.41) is 11.6. The highest BCUT2D eigenvalue weighted by Gasteiger charge is 2.34. The molecule has 3 aromatic rings. The quantitative estimate of drug-likeness (QED) is 0.430. The number of aromatic nitrogens is 5. The van der Waals surface area contributed by atoms with Crippen LogP contribution in [0.2, 0.25) is 0 Å². The summed E-state index contributed by atoms with van der Waals surface area (Å²) in [5.41, 5.74) is 1.04. The molecule has 0 saturated carbocycles. The van der Waals surface area contributed by atoms with Crippen LogP contribution in [0.4, 0.5) is 0 Å². The second-order valence-electron chi connectivity index (χ2n) is 6.53. The third-order valence-corrected chi connectivity index (χ3v) is 5.27. The van der Waals surface area contributed by atoms with Gasteiger partial charge in [0, 0.05) is 6.20 Å². The highest BCUT2D eigenvalue weighted by molar-refractivity contribution is 7.98. The van der Waals surface area contributed by atoms with Crippen molar-refractivity contribution in [3.63, 3.8) is 0 Å². The van der Waals surface area contributed by atoms with Crippen LogP contribution < -0.4 is 5.56 Å². The Hall–Kier alpha value is -2.45. The summed E-state index contributed by atoms with van der Waals surface area (Å²) < 4.78 is 3.23. The fraction of sp³-hybridized carbons (Fsp3) is 0.333. The number of rotatable bonds is 4. The lowest BCUT2D eigenvalue weighted by Crippen LogP contribution is -2.24. The van der Waals surface area contributed by atoms with E-state index in [1.807, 2.05) is 18.4 Å². The van der Waals surface area contributed by atoms with Crippen molar-refractivity contribution in [2.75, 3.05) is 6.26 Å². The zero-order chi connectivity index (χ0) is 18.5. The molecule has 0 spiro atoms. The van der Waals surface area contributed by atoms with Gasteiger partial charge in [-0.05, 0) is 37.7 Å². The molecule has 0 bridgehead atoms. The molecule has 1 N–H and O–H groups in total. The van der Waals surface area contributed by atoms with E-state index in [1.54, 1.807) is 23.9 Å². The number of hydrogen-bond acceptors (Lipinski definition) is 6. The van der Waals surface area contributed by atoms with Crippen LogP contribution in [0.5, 0.6) is 0 Å². The molecule has 0 aromatic carbocycles. The largest absolute Gasteiger partial charge is 0.384 e. The molecular weight excluding hydrogens is 350 g/mol. The first-order chi connectivity index (χ1) is 12.5. The van der Waals surface area contributed by atoms with E-state index >= 15 is 0 Å². The van der Waals surface area contributed by atoms with E-state index in [9.17, 15) is 9.90 Å². The van der Waals surface area contributed by atoms with Crippen molar-refractivity contribution in [3.8, 4) is 5.82 Å². The summed E-state index contributed by atoms with van der Waals surface area (Å²) in [6.45, 7) is 5.83. The first-order valence-electron chi connectivity index (χ1n) is 8.33. The minimum Gasteiger partial charge on any atom is -0.384 e. The second kappa shape index (κ2) is 6.07. The van der Waals surface area contributed by atoms with Gasteiger partial charge in [0.25, 0.3) is 5.56 Å². The highest BCUT2D eigenvalue weighted by atomic mass is 32.2. The summed E-state index contributed by atoms with van der Waals surface area (Å²) >= 11 is 1.41. The SMILES string of the molecule is C=CCn1c(=O)c2cnc(SC)nc2n1-c1ccc2c(n1)[C@](C)(O)CC2. The van der Waals surface area contributed by atoms with Gasteiger partial charge < -0.3 is 5.11 Å². The molecule has 1 aliphatic rings. The topological polar surface area (TPSA) is 85.8 Å².